The van der Waals surface area contributed by atoms with E-state index in [1.807, 2.05) is 11.5 Å². The van der Waals surface area contributed by atoms with Gasteiger partial charge in [0, 0.05) is 28.5 Å². The van der Waals surface area contributed by atoms with E-state index in [-0.39, 0.29) is 5.91 Å². The highest BCUT2D eigenvalue weighted by Crippen LogP contribution is 2.36. The molecule has 0 unspecified atom stereocenters. The van der Waals surface area contributed by atoms with Crippen molar-refractivity contribution in [3.05, 3.63) is 38.9 Å². The lowest BCUT2D eigenvalue weighted by atomic mass is 10.1. The van der Waals surface area contributed by atoms with Gasteiger partial charge in [-0.1, -0.05) is 11.8 Å². The minimum Gasteiger partial charge on any atom is -0.359 e. The molecule has 8 heteroatoms. The highest BCUT2D eigenvalue weighted by Gasteiger charge is 2.19. The third-order valence-electron chi connectivity index (χ3n) is 4.87. The van der Waals surface area contributed by atoms with Crippen LogP contribution in [0.5, 0.6) is 0 Å². The van der Waals surface area contributed by atoms with E-state index in [9.17, 15) is 4.79 Å². The van der Waals surface area contributed by atoms with Gasteiger partial charge < -0.3 is 9.88 Å². The van der Waals surface area contributed by atoms with Crippen molar-refractivity contribution in [3.63, 3.8) is 0 Å². The van der Waals surface area contributed by atoms with E-state index in [1.54, 1.807) is 25.1 Å². The number of amides is 1. The molecule has 1 amide bonds. The predicted octanol–water partition coefficient (Wildman–Crippen LogP) is 3.52. The van der Waals surface area contributed by atoms with Crippen molar-refractivity contribution in [2.24, 2.45) is 0 Å². The molecule has 0 atom stereocenters. The van der Waals surface area contributed by atoms with Crippen LogP contribution in [0.3, 0.4) is 0 Å². The van der Waals surface area contributed by atoms with Gasteiger partial charge in [-0.15, -0.1) is 0 Å². The number of aryl methyl sites for hydroxylation is 4. The zero-order valence-electron chi connectivity index (χ0n) is 15.3. The third kappa shape index (κ3) is 3.69. The molecule has 0 fully saturated rings. The van der Waals surface area contributed by atoms with Crippen LogP contribution in [0.1, 0.15) is 29.7 Å². The zero-order valence-corrected chi connectivity index (χ0v) is 18.2. The monoisotopic (exact) mass is 493 g/mol. The SMILES string of the molecule is CNC(=O)CCn1c(Sc2cc3c(cc2I)CCC3)nc2c(C)ncnc21. The molecule has 0 aliphatic heterocycles. The van der Waals surface area contributed by atoms with Crippen LogP contribution < -0.4 is 5.32 Å². The van der Waals surface area contributed by atoms with Gasteiger partial charge >= 0.3 is 0 Å². The number of halogens is 1. The van der Waals surface area contributed by atoms with E-state index in [2.05, 4.69) is 50.0 Å². The Balaban J connectivity index is 1.74. The summed E-state index contributed by atoms with van der Waals surface area (Å²) in [6.45, 7) is 2.48. The molecule has 1 aliphatic rings. The number of imidazole rings is 1. The number of hydrogen-bond acceptors (Lipinski definition) is 5. The van der Waals surface area contributed by atoms with Gasteiger partial charge in [-0.2, -0.15) is 0 Å². The van der Waals surface area contributed by atoms with Crippen LogP contribution in [-0.2, 0) is 24.2 Å². The minimum absolute atomic E-state index is 0.00527. The number of benzene rings is 1. The molecular weight excluding hydrogens is 473 g/mol. The van der Waals surface area contributed by atoms with Gasteiger partial charge in [-0.3, -0.25) is 4.79 Å². The molecule has 4 rings (SSSR count). The van der Waals surface area contributed by atoms with Crippen LogP contribution in [0.15, 0.2) is 28.5 Å². The predicted molar refractivity (Wildman–Crippen MR) is 114 cm³/mol. The minimum atomic E-state index is 0.00527. The molecule has 3 aromatic rings. The van der Waals surface area contributed by atoms with Crippen molar-refractivity contribution >= 4 is 51.4 Å². The van der Waals surface area contributed by atoms with Gasteiger partial charge in [0.15, 0.2) is 10.8 Å². The molecule has 2 aromatic heterocycles. The van der Waals surface area contributed by atoms with Crippen molar-refractivity contribution in [2.75, 3.05) is 7.05 Å². The maximum atomic E-state index is 11.8. The molecular formula is C19H20IN5OS. The maximum Gasteiger partial charge on any atom is 0.221 e. The summed E-state index contributed by atoms with van der Waals surface area (Å²) >= 11 is 4.05. The van der Waals surface area contributed by atoms with Crippen molar-refractivity contribution in [3.8, 4) is 0 Å². The normalized spacial score (nSPS) is 13.1. The summed E-state index contributed by atoms with van der Waals surface area (Å²) < 4.78 is 3.28. The Morgan fingerprint density at radius 1 is 1.30 bits per heavy atom. The molecule has 0 radical (unpaired) electrons. The maximum absolute atomic E-state index is 11.8. The second kappa shape index (κ2) is 7.75. The van der Waals surface area contributed by atoms with Gasteiger partial charge in [0.1, 0.15) is 11.8 Å². The molecule has 140 valence electrons. The lowest BCUT2D eigenvalue weighted by Gasteiger charge is -2.10. The first kappa shape index (κ1) is 18.7. The van der Waals surface area contributed by atoms with E-state index in [0.29, 0.717) is 13.0 Å². The largest absolute Gasteiger partial charge is 0.359 e. The van der Waals surface area contributed by atoms with Crippen LogP contribution in [0.4, 0.5) is 0 Å². The number of fused-ring (bicyclic) bond motifs is 2. The van der Waals surface area contributed by atoms with Crippen LogP contribution >= 0.6 is 34.4 Å². The summed E-state index contributed by atoms with van der Waals surface area (Å²) in [6, 6.07) is 4.60. The molecule has 1 N–H and O–H groups in total. The molecule has 1 aromatic carbocycles. The first-order valence-corrected chi connectivity index (χ1v) is 10.8. The molecule has 2 heterocycles. The summed E-state index contributed by atoms with van der Waals surface area (Å²) in [4.78, 5) is 26.5. The standard InChI is InChI=1S/C19H20IN5OS/c1-11-17-18(23-10-22-11)25(7-6-16(26)21-2)19(24-17)27-15-9-13-5-3-4-12(13)8-14(15)20/h8-10H,3-7H2,1-2H3,(H,21,26). The quantitative estimate of drug-likeness (QED) is 0.551. The Hall–Kier alpha value is -1.68. The molecule has 0 saturated heterocycles. The number of hydrogen-bond donors (Lipinski definition) is 1. The topological polar surface area (TPSA) is 72.7 Å². The second-order valence-corrected chi connectivity index (χ2v) is 8.78. The van der Waals surface area contributed by atoms with E-state index in [1.165, 1.54) is 32.4 Å². The molecule has 27 heavy (non-hydrogen) atoms. The molecule has 6 nitrogen and oxygen atoms in total. The fraction of sp³-hybridized carbons (Fsp3) is 0.368. The van der Waals surface area contributed by atoms with Crippen LogP contribution in [-0.4, -0.2) is 32.5 Å². The number of nitrogens with one attached hydrogen (secondary N) is 1. The fourth-order valence-corrected chi connectivity index (χ4v) is 5.24. The Kier molecular flexibility index (Phi) is 5.36. The van der Waals surface area contributed by atoms with Crippen molar-refractivity contribution in [1.29, 1.82) is 0 Å². The summed E-state index contributed by atoms with van der Waals surface area (Å²) in [6.07, 6.45) is 5.51. The lowest BCUT2D eigenvalue weighted by Crippen LogP contribution is -2.19. The number of carbonyl (C=O) groups excluding carboxylic acids is 1. The van der Waals surface area contributed by atoms with Crippen molar-refractivity contribution < 1.29 is 4.79 Å². The summed E-state index contributed by atoms with van der Waals surface area (Å²) in [5, 5.41) is 3.53. The Morgan fingerprint density at radius 3 is 2.85 bits per heavy atom. The van der Waals surface area contributed by atoms with E-state index >= 15 is 0 Å². The number of carbonyl (C=O) groups is 1. The van der Waals surface area contributed by atoms with E-state index in [4.69, 9.17) is 4.98 Å². The van der Waals surface area contributed by atoms with Crippen molar-refractivity contribution in [2.45, 2.75) is 49.2 Å². The van der Waals surface area contributed by atoms with Crippen LogP contribution in [0.2, 0.25) is 0 Å². The van der Waals surface area contributed by atoms with Gasteiger partial charge in [0.05, 0.1) is 5.69 Å². The Bertz CT molecular complexity index is 1030. The highest BCUT2D eigenvalue weighted by molar-refractivity contribution is 14.1. The van der Waals surface area contributed by atoms with Gasteiger partial charge in [0.2, 0.25) is 5.91 Å². The second-order valence-electron chi connectivity index (χ2n) is 6.61. The van der Waals surface area contributed by atoms with Gasteiger partial charge in [0.25, 0.3) is 0 Å². The summed E-state index contributed by atoms with van der Waals surface area (Å²) in [5.74, 6) is 0.00527. The van der Waals surface area contributed by atoms with Crippen LogP contribution in [0.25, 0.3) is 11.2 Å². The Morgan fingerprint density at radius 2 is 2.07 bits per heavy atom. The van der Waals surface area contributed by atoms with Gasteiger partial charge in [-0.25, -0.2) is 15.0 Å². The lowest BCUT2D eigenvalue weighted by molar-refractivity contribution is -0.120. The molecule has 0 spiro atoms. The average Bonchev–Trinajstić information content (AvgIpc) is 3.25. The number of nitrogens with zero attached hydrogens (tertiary/aromatic N) is 4. The molecule has 0 bridgehead atoms. The van der Waals surface area contributed by atoms with Gasteiger partial charge in [-0.05, 0) is 72.0 Å². The third-order valence-corrected chi connectivity index (χ3v) is 7.18. The highest BCUT2D eigenvalue weighted by atomic mass is 127. The first-order valence-electron chi connectivity index (χ1n) is 8.94. The van der Waals surface area contributed by atoms with E-state index in [0.717, 1.165) is 28.4 Å². The summed E-state index contributed by atoms with van der Waals surface area (Å²) in [5.41, 5.74) is 5.35. The number of rotatable bonds is 5. The smallest absolute Gasteiger partial charge is 0.221 e. The average molecular weight is 493 g/mol. The molecule has 1 aliphatic carbocycles. The zero-order chi connectivity index (χ0) is 19.0. The van der Waals surface area contributed by atoms with E-state index < -0.39 is 0 Å². The first-order chi connectivity index (χ1) is 13.1. The molecule has 0 saturated carbocycles. The van der Waals surface area contributed by atoms with Crippen LogP contribution in [0, 0.1) is 10.5 Å². The number of aromatic nitrogens is 4. The fourth-order valence-electron chi connectivity index (χ4n) is 3.40. The summed E-state index contributed by atoms with van der Waals surface area (Å²) in [7, 11) is 1.66. The van der Waals surface area contributed by atoms with Crippen molar-refractivity contribution in [1.82, 2.24) is 24.8 Å². The Labute approximate surface area is 175 Å².